The zero-order valence-corrected chi connectivity index (χ0v) is 9.54. The molecular formula is C12H11BrO. The predicted octanol–water partition coefficient (Wildman–Crippen LogP) is 4.00. The molecule has 14 heavy (non-hydrogen) atoms. The molecule has 2 aromatic rings. The SMILES string of the molecule is CCOc1cc2ccccc2cc1Br. The zero-order valence-electron chi connectivity index (χ0n) is 7.96. The van der Waals surface area contributed by atoms with Gasteiger partial charge in [0.05, 0.1) is 11.1 Å². The van der Waals surface area contributed by atoms with Crippen LogP contribution in [-0.4, -0.2) is 6.61 Å². The Morgan fingerprint density at radius 3 is 2.43 bits per heavy atom. The van der Waals surface area contributed by atoms with Crippen LogP contribution < -0.4 is 4.74 Å². The molecule has 1 nitrogen and oxygen atoms in total. The maximum Gasteiger partial charge on any atom is 0.134 e. The highest BCUT2D eigenvalue weighted by atomic mass is 79.9. The van der Waals surface area contributed by atoms with Crippen LogP contribution in [0.4, 0.5) is 0 Å². The van der Waals surface area contributed by atoms with Gasteiger partial charge in [0.15, 0.2) is 0 Å². The lowest BCUT2D eigenvalue weighted by atomic mass is 10.1. The van der Waals surface area contributed by atoms with Gasteiger partial charge in [0, 0.05) is 0 Å². The third kappa shape index (κ3) is 1.75. The van der Waals surface area contributed by atoms with E-state index in [2.05, 4.69) is 40.2 Å². The number of benzene rings is 2. The summed E-state index contributed by atoms with van der Waals surface area (Å²) in [7, 11) is 0. The molecule has 2 heteroatoms. The lowest BCUT2D eigenvalue weighted by Gasteiger charge is -2.07. The molecule has 0 amide bonds. The molecule has 0 saturated heterocycles. The highest BCUT2D eigenvalue weighted by molar-refractivity contribution is 9.10. The van der Waals surface area contributed by atoms with Crippen LogP contribution in [0.1, 0.15) is 6.92 Å². The number of hydrogen-bond donors (Lipinski definition) is 0. The van der Waals surface area contributed by atoms with Crippen LogP contribution >= 0.6 is 15.9 Å². The molecule has 0 spiro atoms. The van der Waals surface area contributed by atoms with Crippen molar-refractivity contribution >= 4 is 26.7 Å². The van der Waals surface area contributed by atoms with E-state index in [4.69, 9.17) is 4.74 Å². The second kappa shape index (κ2) is 4.01. The van der Waals surface area contributed by atoms with Crippen molar-refractivity contribution in [3.63, 3.8) is 0 Å². The van der Waals surface area contributed by atoms with E-state index in [-0.39, 0.29) is 0 Å². The van der Waals surface area contributed by atoms with Gasteiger partial charge in [-0.2, -0.15) is 0 Å². The average molecular weight is 251 g/mol. The Labute approximate surface area is 91.8 Å². The summed E-state index contributed by atoms with van der Waals surface area (Å²) in [6.45, 7) is 2.68. The van der Waals surface area contributed by atoms with Gasteiger partial charge in [-0.25, -0.2) is 0 Å². The van der Waals surface area contributed by atoms with Crippen LogP contribution in [0.5, 0.6) is 5.75 Å². The van der Waals surface area contributed by atoms with Crippen molar-refractivity contribution in [2.24, 2.45) is 0 Å². The first-order valence-electron chi connectivity index (χ1n) is 4.62. The second-order valence-corrected chi connectivity index (χ2v) is 3.92. The summed E-state index contributed by atoms with van der Waals surface area (Å²) in [5, 5.41) is 2.43. The number of rotatable bonds is 2. The normalized spacial score (nSPS) is 10.4. The summed E-state index contributed by atoms with van der Waals surface area (Å²) >= 11 is 3.49. The largest absolute Gasteiger partial charge is 0.493 e. The Bertz CT molecular complexity index is 451. The first kappa shape index (κ1) is 9.53. The van der Waals surface area contributed by atoms with Crippen LogP contribution in [0.25, 0.3) is 10.8 Å². The fourth-order valence-electron chi connectivity index (χ4n) is 1.46. The number of halogens is 1. The second-order valence-electron chi connectivity index (χ2n) is 3.06. The molecule has 0 aromatic heterocycles. The summed E-state index contributed by atoms with van der Waals surface area (Å²) in [5.41, 5.74) is 0. The van der Waals surface area contributed by atoms with E-state index in [9.17, 15) is 0 Å². The standard InChI is InChI=1S/C12H11BrO/c1-2-14-12-8-10-6-4-3-5-9(10)7-11(12)13/h3-8H,2H2,1H3. The molecule has 0 bridgehead atoms. The first-order valence-corrected chi connectivity index (χ1v) is 5.41. The van der Waals surface area contributed by atoms with Crippen molar-refractivity contribution in [3.8, 4) is 5.75 Å². The van der Waals surface area contributed by atoms with Crippen LogP contribution in [0.3, 0.4) is 0 Å². The van der Waals surface area contributed by atoms with Crippen molar-refractivity contribution in [2.75, 3.05) is 6.61 Å². The van der Waals surface area contributed by atoms with Gasteiger partial charge in [0.2, 0.25) is 0 Å². The molecule has 0 heterocycles. The van der Waals surface area contributed by atoms with Gasteiger partial charge in [-0.1, -0.05) is 24.3 Å². The van der Waals surface area contributed by atoms with Crippen LogP contribution in [-0.2, 0) is 0 Å². The van der Waals surface area contributed by atoms with Gasteiger partial charge in [-0.3, -0.25) is 0 Å². The van der Waals surface area contributed by atoms with E-state index in [0.29, 0.717) is 6.61 Å². The van der Waals surface area contributed by atoms with Crippen molar-refractivity contribution in [1.29, 1.82) is 0 Å². The quantitative estimate of drug-likeness (QED) is 0.783. The molecule has 0 N–H and O–H groups in total. The fraction of sp³-hybridized carbons (Fsp3) is 0.167. The van der Waals surface area contributed by atoms with E-state index >= 15 is 0 Å². The minimum atomic E-state index is 0.691. The smallest absolute Gasteiger partial charge is 0.134 e. The molecular weight excluding hydrogens is 240 g/mol. The Morgan fingerprint density at radius 2 is 1.79 bits per heavy atom. The van der Waals surface area contributed by atoms with Crippen LogP contribution in [0, 0.1) is 0 Å². The Balaban J connectivity index is 2.59. The fourth-order valence-corrected chi connectivity index (χ4v) is 1.93. The van der Waals surface area contributed by atoms with E-state index in [1.165, 1.54) is 10.8 Å². The number of hydrogen-bond acceptors (Lipinski definition) is 1. The lowest BCUT2D eigenvalue weighted by Crippen LogP contribution is -1.92. The van der Waals surface area contributed by atoms with Gasteiger partial charge in [-0.05, 0) is 45.8 Å². The zero-order chi connectivity index (χ0) is 9.97. The van der Waals surface area contributed by atoms with Crippen LogP contribution in [0.15, 0.2) is 40.9 Å². The topological polar surface area (TPSA) is 9.23 Å². The summed E-state index contributed by atoms with van der Waals surface area (Å²) in [6, 6.07) is 12.4. The summed E-state index contributed by atoms with van der Waals surface area (Å²) in [5.74, 6) is 0.909. The van der Waals surface area contributed by atoms with Gasteiger partial charge >= 0.3 is 0 Å². The van der Waals surface area contributed by atoms with Crippen molar-refractivity contribution in [1.82, 2.24) is 0 Å². The van der Waals surface area contributed by atoms with Gasteiger partial charge in [0.1, 0.15) is 5.75 Å². The van der Waals surface area contributed by atoms with E-state index in [1.54, 1.807) is 0 Å². The molecule has 0 fully saturated rings. The van der Waals surface area contributed by atoms with Crippen molar-refractivity contribution in [3.05, 3.63) is 40.9 Å². The molecule has 2 rings (SSSR count). The molecule has 0 aliphatic rings. The van der Waals surface area contributed by atoms with E-state index in [1.807, 2.05) is 19.1 Å². The molecule has 0 aliphatic heterocycles. The molecule has 72 valence electrons. The molecule has 2 aromatic carbocycles. The lowest BCUT2D eigenvalue weighted by molar-refractivity contribution is 0.338. The monoisotopic (exact) mass is 250 g/mol. The highest BCUT2D eigenvalue weighted by Gasteiger charge is 2.02. The van der Waals surface area contributed by atoms with Crippen LogP contribution in [0.2, 0.25) is 0 Å². The Hall–Kier alpha value is -1.02. The number of ether oxygens (including phenoxy) is 1. The van der Waals surface area contributed by atoms with E-state index in [0.717, 1.165) is 10.2 Å². The number of fused-ring (bicyclic) bond motifs is 1. The van der Waals surface area contributed by atoms with Crippen molar-refractivity contribution in [2.45, 2.75) is 6.92 Å². The highest BCUT2D eigenvalue weighted by Crippen LogP contribution is 2.30. The summed E-state index contributed by atoms with van der Waals surface area (Å²) < 4.78 is 6.51. The molecule has 0 atom stereocenters. The third-order valence-electron chi connectivity index (χ3n) is 2.10. The molecule has 0 radical (unpaired) electrons. The van der Waals surface area contributed by atoms with Gasteiger partial charge < -0.3 is 4.74 Å². The molecule has 0 unspecified atom stereocenters. The molecule has 0 aliphatic carbocycles. The first-order chi connectivity index (χ1) is 6.81. The minimum Gasteiger partial charge on any atom is -0.493 e. The average Bonchev–Trinajstić information content (AvgIpc) is 2.19. The summed E-state index contributed by atoms with van der Waals surface area (Å²) in [6.07, 6.45) is 0. The van der Waals surface area contributed by atoms with Gasteiger partial charge in [0.25, 0.3) is 0 Å². The summed E-state index contributed by atoms with van der Waals surface area (Å²) in [4.78, 5) is 0. The third-order valence-corrected chi connectivity index (χ3v) is 2.72. The van der Waals surface area contributed by atoms with E-state index < -0.39 is 0 Å². The van der Waals surface area contributed by atoms with Gasteiger partial charge in [-0.15, -0.1) is 0 Å². The maximum atomic E-state index is 5.50. The minimum absolute atomic E-state index is 0.691. The maximum absolute atomic E-state index is 5.50. The Morgan fingerprint density at radius 1 is 1.14 bits per heavy atom. The Kier molecular flexibility index (Phi) is 2.73. The molecule has 0 saturated carbocycles. The van der Waals surface area contributed by atoms with Crippen molar-refractivity contribution < 1.29 is 4.74 Å². The predicted molar refractivity (Wildman–Crippen MR) is 62.8 cm³/mol.